The standard InChI is InChI=1S/C10H4Cl2N2OS/c11-4-1-5(12)7-6(2-4)16-9-8(7)13-3-14-10(9)15/h1-3H,(H,13,14,15). The molecule has 0 aliphatic heterocycles. The molecule has 3 rings (SSSR count). The van der Waals surface area contributed by atoms with E-state index in [1.807, 2.05) is 0 Å². The molecule has 1 aromatic carbocycles. The number of nitrogens with one attached hydrogen (secondary N) is 1. The lowest BCUT2D eigenvalue weighted by Crippen LogP contribution is -2.03. The Hall–Kier alpha value is -1.10. The Morgan fingerprint density at radius 2 is 2.12 bits per heavy atom. The van der Waals surface area contributed by atoms with E-state index in [0.717, 1.165) is 10.1 Å². The Labute approximate surface area is 104 Å². The van der Waals surface area contributed by atoms with Gasteiger partial charge in [-0.2, -0.15) is 0 Å². The minimum absolute atomic E-state index is 0.154. The second-order valence-corrected chi connectivity index (χ2v) is 5.17. The first kappa shape index (κ1) is 10.1. The van der Waals surface area contributed by atoms with Crippen molar-refractivity contribution >= 4 is 54.8 Å². The molecule has 0 aliphatic rings. The molecule has 0 amide bonds. The van der Waals surface area contributed by atoms with Crippen LogP contribution in [0, 0.1) is 0 Å². The predicted molar refractivity (Wildman–Crippen MR) is 67.8 cm³/mol. The second-order valence-electron chi connectivity index (χ2n) is 3.27. The summed E-state index contributed by atoms with van der Waals surface area (Å²) in [4.78, 5) is 18.3. The van der Waals surface area contributed by atoms with Gasteiger partial charge >= 0.3 is 0 Å². The lowest BCUT2D eigenvalue weighted by molar-refractivity contribution is 1.18. The van der Waals surface area contributed by atoms with Crippen LogP contribution in [0.25, 0.3) is 20.3 Å². The summed E-state index contributed by atoms with van der Waals surface area (Å²) in [5, 5.41) is 1.87. The molecule has 0 radical (unpaired) electrons. The molecule has 2 heterocycles. The molecule has 2 aromatic heterocycles. The molecule has 0 aliphatic carbocycles. The number of hydrogen-bond donors (Lipinski definition) is 1. The van der Waals surface area contributed by atoms with Crippen LogP contribution in [0.15, 0.2) is 23.3 Å². The topological polar surface area (TPSA) is 45.8 Å². The monoisotopic (exact) mass is 270 g/mol. The fourth-order valence-corrected chi connectivity index (χ4v) is 3.45. The lowest BCUT2D eigenvalue weighted by Gasteiger charge is -1.95. The largest absolute Gasteiger partial charge is 0.312 e. The zero-order valence-corrected chi connectivity index (χ0v) is 10.1. The molecule has 1 N–H and O–H groups in total. The molecule has 3 aromatic rings. The number of aromatic amines is 1. The van der Waals surface area contributed by atoms with Crippen molar-refractivity contribution in [3.63, 3.8) is 0 Å². The van der Waals surface area contributed by atoms with Gasteiger partial charge in [0.05, 0.1) is 16.9 Å². The summed E-state index contributed by atoms with van der Waals surface area (Å²) in [5.41, 5.74) is 0.476. The third-order valence-corrected chi connectivity index (χ3v) is 3.92. The second kappa shape index (κ2) is 3.45. The minimum atomic E-state index is -0.154. The number of benzene rings is 1. The summed E-state index contributed by atoms with van der Waals surface area (Å²) in [6.45, 7) is 0. The Morgan fingerprint density at radius 1 is 1.31 bits per heavy atom. The van der Waals surface area contributed by atoms with E-state index in [-0.39, 0.29) is 5.56 Å². The fourth-order valence-electron chi connectivity index (χ4n) is 1.63. The quantitative estimate of drug-likeness (QED) is 0.680. The number of rotatable bonds is 0. The SMILES string of the molecule is O=c1[nH]cnc2c1sc1cc(Cl)cc(Cl)c12. The van der Waals surface area contributed by atoms with Gasteiger partial charge in [0.1, 0.15) is 4.70 Å². The lowest BCUT2D eigenvalue weighted by atomic mass is 10.2. The number of halogens is 2. The number of aromatic nitrogens is 2. The van der Waals surface area contributed by atoms with Crippen molar-refractivity contribution in [1.82, 2.24) is 9.97 Å². The van der Waals surface area contributed by atoms with Crippen LogP contribution >= 0.6 is 34.5 Å². The predicted octanol–water partition coefficient (Wildman–Crippen LogP) is 3.44. The van der Waals surface area contributed by atoms with Gasteiger partial charge in [0.25, 0.3) is 5.56 Å². The first-order chi connectivity index (χ1) is 7.66. The first-order valence-electron chi connectivity index (χ1n) is 4.42. The van der Waals surface area contributed by atoms with Crippen molar-refractivity contribution in [2.75, 3.05) is 0 Å². The Balaban J connectivity index is 2.67. The van der Waals surface area contributed by atoms with Crippen LogP contribution in [-0.4, -0.2) is 9.97 Å². The highest BCUT2D eigenvalue weighted by Crippen LogP contribution is 2.37. The molecular formula is C10H4Cl2N2OS. The van der Waals surface area contributed by atoms with Crippen LogP contribution in [0.4, 0.5) is 0 Å². The Bertz CT molecular complexity index is 762. The molecule has 0 saturated heterocycles. The van der Waals surface area contributed by atoms with E-state index in [2.05, 4.69) is 9.97 Å². The number of nitrogens with zero attached hydrogens (tertiary/aromatic N) is 1. The Kier molecular flexibility index (Phi) is 2.17. The summed E-state index contributed by atoms with van der Waals surface area (Å²) < 4.78 is 1.44. The number of thiophene rings is 1. The van der Waals surface area contributed by atoms with Gasteiger partial charge in [0.2, 0.25) is 0 Å². The van der Waals surface area contributed by atoms with E-state index in [0.29, 0.717) is 20.3 Å². The molecular weight excluding hydrogens is 267 g/mol. The van der Waals surface area contributed by atoms with Gasteiger partial charge in [-0.15, -0.1) is 11.3 Å². The van der Waals surface area contributed by atoms with Crippen molar-refractivity contribution in [3.05, 3.63) is 38.9 Å². The highest BCUT2D eigenvalue weighted by molar-refractivity contribution is 7.25. The Morgan fingerprint density at radius 3 is 2.94 bits per heavy atom. The molecule has 0 unspecified atom stereocenters. The van der Waals surface area contributed by atoms with Gasteiger partial charge in [-0.1, -0.05) is 23.2 Å². The van der Waals surface area contributed by atoms with Gasteiger partial charge < -0.3 is 4.98 Å². The van der Waals surface area contributed by atoms with E-state index in [1.54, 1.807) is 12.1 Å². The number of fused-ring (bicyclic) bond motifs is 3. The van der Waals surface area contributed by atoms with E-state index in [1.165, 1.54) is 17.7 Å². The molecule has 0 fully saturated rings. The average Bonchev–Trinajstić information content (AvgIpc) is 2.57. The molecule has 0 atom stereocenters. The van der Waals surface area contributed by atoms with Crippen LogP contribution in [0.5, 0.6) is 0 Å². The molecule has 0 bridgehead atoms. The average molecular weight is 271 g/mol. The maximum absolute atomic E-state index is 11.6. The van der Waals surface area contributed by atoms with Crippen LogP contribution in [0.3, 0.4) is 0 Å². The van der Waals surface area contributed by atoms with Crippen LogP contribution in [0.2, 0.25) is 10.0 Å². The molecule has 3 nitrogen and oxygen atoms in total. The fraction of sp³-hybridized carbons (Fsp3) is 0. The zero-order chi connectivity index (χ0) is 11.3. The number of hydrogen-bond acceptors (Lipinski definition) is 3. The van der Waals surface area contributed by atoms with Gasteiger partial charge in [-0.3, -0.25) is 4.79 Å². The summed E-state index contributed by atoms with van der Waals surface area (Å²) in [6.07, 6.45) is 1.38. The van der Waals surface area contributed by atoms with Crippen LogP contribution in [0.1, 0.15) is 0 Å². The van der Waals surface area contributed by atoms with E-state index in [9.17, 15) is 4.79 Å². The van der Waals surface area contributed by atoms with Crippen molar-refractivity contribution < 1.29 is 0 Å². The van der Waals surface area contributed by atoms with Crippen molar-refractivity contribution in [1.29, 1.82) is 0 Å². The van der Waals surface area contributed by atoms with Gasteiger partial charge in [0, 0.05) is 15.1 Å². The molecule has 0 saturated carbocycles. The van der Waals surface area contributed by atoms with E-state index in [4.69, 9.17) is 23.2 Å². The summed E-state index contributed by atoms with van der Waals surface area (Å²) in [5.74, 6) is 0. The van der Waals surface area contributed by atoms with Crippen LogP contribution < -0.4 is 5.56 Å². The molecule has 80 valence electrons. The number of H-pyrrole nitrogens is 1. The summed E-state index contributed by atoms with van der Waals surface area (Å²) in [6, 6.07) is 3.44. The van der Waals surface area contributed by atoms with Crippen molar-refractivity contribution in [3.8, 4) is 0 Å². The maximum Gasteiger partial charge on any atom is 0.268 e. The first-order valence-corrected chi connectivity index (χ1v) is 5.99. The molecule has 6 heteroatoms. The summed E-state index contributed by atoms with van der Waals surface area (Å²) >= 11 is 13.4. The van der Waals surface area contributed by atoms with Gasteiger partial charge in [-0.05, 0) is 12.1 Å². The molecule has 0 spiro atoms. The maximum atomic E-state index is 11.6. The zero-order valence-electron chi connectivity index (χ0n) is 7.75. The third-order valence-electron chi connectivity index (χ3n) is 2.28. The normalized spacial score (nSPS) is 11.4. The van der Waals surface area contributed by atoms with Crippen LogP contribution in [-0.2, 0) is 0 Å². The van der Waals surface area contributed by atoms with E-state index >= 15 is 0 Å². The van der Waals surface area contributed by atoms with E-state index < -0.39 is 0 Å². The van der Waals surface area contributed by atoms with Crippen molar-refractivity contribution in [2.45, 2.75) is 0 Å². The highest BCUT2D eigenvalue weighted by Gasteiger charge is 2.12. The minimum Gasteiger partial charge on any atom is -0.312 e. The van der Waals surface area contributed by atoms with Crippen molar-refractivity contribution in [2.24, 2.45) is 0 Å². The summed E-state index contributed by atoms with van der Waals surface area (Å²) in [7, 11) is 0. The van der Waals surface area contributed by atoms with Gasteiger partial charge in [0.15, 0.2) is 0 Å². The highest BCUT2D eigenvalue weighted by atomic mass is 35.5. The molecule has 16 heavy (non-hydrogen) atoms. The third kappa shape index (κ3) is 1.34. The smallest absolute Gasteiger partial charge is 0.268 e. The van der Waals surface area contributed by atoms with Gasteiger partial charge in [-0.25, -0.2) is 4.98 Å².